The summed E-state index contributed by atoms with van der Waals surface area (Å²) in [6.07, 6.45) is 1.66. The molecule has 0 bridgehead atoms. The zero-order valence-corrected chi connectivity index (χ0v) is 20.4. The zero-order chi connectivity index (χ0) is 26.0. The first-order valence-corrected chi connectivity index (χ1v) is 11.7. The number of aromatic nitrogens is 1. The van der Waals surface area contributed by atoms with Crippen molar-refractivity contribution in [3.8, 4) is 5.75 Å². The number of esters is 2. The summed E-state index contributed by atoms with van der Waals surface area (Å²) in [6.45, 7) is 4.73. The second kappa shape index (κ2) is 10.1. The lowest BCUT2D eigenvalue weighted by Gasteiger charge is -2.24. The molecule has 2 aromatic carbocycles. The maximum atomic E-state index is 13.6. The van der Waals surface area contributed by atoms with Gasteiger partial charge in [0.1, 0.15) is 5.75 Å². The molecule has 0 saturated carbocycles. The van der Waals surface area contributed by atoms with Gasteiger partial charge < -0.3 is 9.47 Å². The highest BCUT2D eigenvalue weighted by molar-refractivity contribution is 7.07. The summed E-state index contributed by atoms with van der Waals surface area (Å²) in [5.41, 5.74) is 1.00. The highest BCUT2D eigenvalue weighted by atomic mass is 32.1. The van der Waals surface area contributed by atoms with Crippen LogP contribution in [0.4, 0.5) is 5.69 Å². The molecule has 4 rings (SSSR count). The molecule has 184 valence electrons. The van der Waals surface area contributed by atoms with Crippen LogP contribution in [0.5, 0.6) is 5.75 Å². The van der Waals surface area contributed by atoms with Gasteiger partial charge in [-0.2, -0.15) is 0 Å². The lowest BCUT2D eigenvalue weighted by molar-refractivity contribution is -0.384. The number of nitrogens with zero attached hydrogens (tertiary/aromatic N) is 3. The molecule has 0 spiro atoms. The molecule has 0 amide bonds. The topological polar surface area (TPSA) is 130 Å². The maximum absolute atomic E-state index is 13.6. The van der Waals surface area contributed by atoms with E-state index in [1.165, 1.54) is 29.7 Å². The number of allylic oxidation sites excluding steroid dienone is 1. The van der Waals surface area contributed by atoms with Gasteiger partial charge in [0.2, 0.25) is 0 Å². The summed E-state index contributed by atoms with van der Waals surface area (Å²) in [5.74, 6) is -0.711. The van der Waals surface area contributed by atoms with Crippen molar-refractivity contribution >= 4 is 35.0 Å². The van der Waals surface area contributed by atoms with Crippen LogP contribution in [-0.4, -0.2) is 28.0 Å². The predicted octanol–water partition coefficient (Wildman–Crippen LogP) is 2.63. The number of ether oxygens (including phenoxy) is 2. The van der Waals surface area contributed by atoms with Crippen molar-refractivity contribution in [1.29, 1.82) is 0 Å². The van der Waals surface area contributed by atoms with E-state index in [-0.39, 0.29) is 17.9 Å². The van der Waals surface area contributed by atoms with E-state index in [4.69, 9.17) is 9.47 Å². The van der Waals surface area contributed by atoms with Gasteiger partial charge in [0, 0.05) is 19.1 Å². The van der Waals surface area contributed by atoms with E-state index in [1.54, 1.807) is 50.3 Å². The molecule has 1 aliphatic heterocycles. The zero-order valence-electron chi connectivity index (χ0n) is 19.6. The van der Waals surface area contributed by atoms with Gasteiger partial charge in [0.05, 0.1) is 33.4 Å². The van der Waals surface area contributed by atoms with E-state index in [9.17, 15) is 24.5 Å². The fourth-order valence-electron chi connectivity index (χ4n) is 3.86. The molecule has 11 heteroatoms. The second-order valence-corrected chi connectivity index (χ2v) is 8.83. The molecule has 0 fully saturated rings. The molecule has 1 atom stereocenters. The average Bonchev–Trinajstić information content (AvgIpc) is 3.13. The molecule has 0 aliphatic carbocycles. The van der Waals surface area contributed by atoms with E-state index < -0.39 is 28.5 Å². The number of fused-ring (bicyclic) bond motifs is 1. The van der Waals surface area contributed by atoms with E-state index in [0.29, 0.717) is 31.9 Å². The first-order valence-electron chi connectivity index (χ1n) is 10.9. The first-order chi connectivity index (χ1) is 17.2. The Balaban J connectivity index is 1.89. The van der Waals surface area contributed by atoms with E-state index >= 15 is 0 Å². The Bertz CT molecular complexity index is 1580. The highest BCUT2D eigenvalue weighted by Crippen LogP contribution is 2.32. The van der Waals surface area contributed by atoms with Gasteiger partial charge in [-0.1, -0.05) is 35.6 Å². The Morgan fingerprint density at radius 1 is 1.22 bits per heavy atom. The fourth-order valence-corrected chi connectivity index (χ4v) is 4.91. The minimum absolute atomic E-state index is 0.116. The van der Waals surface area contributed by atoms with Gasteiger partial charge in [0.15, 0.2) is 4.80 Å². The van der Waals surface area contributed by atoms with Crippen LogP contribution in [0.2, 0.25) is 0 Å². The van der Waals surface area contributed by atoms with Crippen LogP contribution in [0.3, 0.4) is 0 Å². The van der Waals surface area contributed by atoms with Crippen molar-refractivity contribution in [2.75, 3.05) is 6.61 Å². The van der Waals surface area contributed by atoms with Gasteiger partial charge in [0.25, 0.3) is 11.2 Å². The van der Waals surface area contributed by atoms with Crippen LogP contribution in [0.15, 0.2) is 69.6 Å². The number of rotatable bonds is 6. The summed E-state index contributed by atoms with van der Waals surface area (Å²) in [4.78, 5) is 53.3. The second-order valence-electron chi connectivity index (χ2n) is 7.82. The smallest absolute Gasteiger partial charge is 0.338 e. The van der Waals surface area contributed by atoms with Crippen LogP contribution in [-0.2, 0) is 14.3 Å². The Morgan fingerprint density at radius 3 is 2.58 bits per heavy atom. The van der Waals surface area contributed by atoms with Gasteiger partial charge in [-0.05, 0) is 43.2 Å². The Kier molecular flexibility index (Phi) is 6.93. The number of hydrogen-bond acceptors (Lipinski definition) is 9. The fraction of sp³-hybridized carbons (Fsp3) is 0.200. The average molecular weight is 508 g/mol. The number of non-ortho nitro benzene ring substituents is 1. The van der Waals surface area contributed by atoms with Crippen LogP contribution >= 0.6 is 11.3 Å². The molecule has 2 heterocycles. The minimum atomic E-state index is -0.950. The third-order valence-electron chi connectivity index (χ3n) is 5.35. The van der Waals surface area contributed by atoms with Crippen molar-refractivity contribution in [3.63, 3.8) is 0 Å². The predicted molar refractivity (Wildman–Crippen MR) is 131 cm³/mol. The molecule has 36 heavy (non-hydrogen) atoms. The minimum Gasteiger partial charge on any atom is -0.463 e. The SMILES string of the molecule is CCOC(=O)C1=C(C)N=c2sc(=Cc3ccc(OC(C)=O)cc3)c(=O)n2[C@H]1c1cccc([N+](=O)[O-])c1. The molecule has 0 saturated heterocycles. The maximum Gasteiger partial charge on any atom is 0.338 e. The Labute approximate surface area is 208 Å². The highest BCUT2D eigenvalue weighted by Gasteiger charge is 2.34. The van der Waals surface area contributed by atoms with Crippen LogP contribution in [0.25, 0.3) is 6.08 Å². The summed E-state index contributed by atoms with van der Waals surface area (Å²) < 4.78 is 12.0. The van der Waals surface area contributed by atoms with Crippen molar-refractivity contribution < 1.29 is 24.0 Å². The number of nitro groups is 1. The number of nitro benzene ring substituents is 1. The first kappa shape index (κ1) is 24.7. The van der Waals surface area contributed by atoms with E-state index in [0.717, 1.165) is 11.3 Å². The van der Waals surface area contributed by atoms with Crippen molar-refractivity contribution in [2.24, 2.45) is 4.99 Å². The molecule has 0 radical (unpaired) electrons. The Morgan fingerprint density at radius 2 is 1.94 bits per heavy atom. The molecule has 0 unspecified atom stereocenters. The number of carbonyl (C=O) groups is 2. The van der Waals surface area contributed by atoms with Crippen LogP contribution in [0, 0.1) is 10.1 Å². The monoisotopic (exact) mass is 507 g/mol. The summed E-state index contributed by atoms with van der Waals surface area (Å²) >= 11 is 1.13. The van der Waals surface area contributed by atoms with Gasteiger partial charge in [-0.15, -0.1) is 0 Å². The summed E-state index contributed by atoms with van der Waals surface area (Å²) in [7, 11) is 0. The number of thiazole rings is 1. The summed E-state index contributed by atoms with van der Waals surface area (Å²) in [6, 6.07) is 11.5. The van der Waals surface area contributed by atoms with E-state index in [2.05, 4.69) is 4.99 Å². The van der Waals surface area contributed by atoms with Gasteiger partial charge in [-0.25, -0.2) is 9.79 Å². The molecular formula is C25H21N3O7S. The lowest BCUT2D eigenvalue weighted by Crippen LogP contribution is -2.39. The Hall–Kier alpha value is -4.38. The number of carbonyl (C=O) groups excluding carboxylic acids is 2. The van der Waals surface area contributed by atoms with Gasteiger partial charge >= 0.3 is 11.9 Å². The van der Waals surface area contributed by atoms with Crippen LogP contribution < -0.4 is 19.6 Å². The number of benzene rings is 2. The molecular weight excluding hydrogens is 486 g/mol. The molecule has 1 aliphatic rings. The number of hydrogen-bond donors (Lipinski definition) is 0. The van der Waals surface area contributed by atoms with E-state index in [1.807, 2.05) is 0 Å². The molecule has 1 aromatic heterocycles. The van der Waals surface area contributed by atoms with Crippen molar-refractivity contribution in [3.05, 3.63) is 101 Å². The van der Waals surface area contributed by atoms with Gasteiger partial charge in [-0.3, -0.25) is 24.3 Å². The van der Waals surface area contributed by atoms with Crippen molar-refractivity contribution in [2.45, 2.75) is 26.8 Å². The molecule has 10 nitrogen and oxygen atoms in total. The lowest BCUT2D eigenvalue weighted by atomic mass is 9.95. The normalized spacial score (nSPS) is 15.2. The molecule has 0 N–H and O–H groups in total. The standard InChI is InChI=1S/C25H21N3O7S/c1-4-34-24(31)21-14(2)26-25-27(22(21)17-6-5-7-18(13-17)28(32)33)23(30)20(36-25)12-16-8-10-19(11-9-16)35-15(3)29/h5-13,22H,4H2,1-3H3/t22-/m0/s1. The third kappa shape index (κ3) is 4.86. The third-order valence-corrected chi connectivity index (χ3v) is 6.34. The quantitative estimate of drug-likeness (QED) is 0.217. The van der Waals surface area contributed by atoms with Crippen LogP contribution in [0.1, 0.15) is 37.9 Å². The molecule has 3 aromatic rings. The summed E-state index contributed by atoms with van der Waals surface area (Å²) in [5, 5.41) is 11.4. The van der Waals surface area contributed by atoms with Crippen molar-refractivity contribution in [1.82, 2.24) is 4.57 Å². The largest absolute Gasteiger partial charge is 0.463 e.